The third kappa shape index (κ3) is 39.8. The topological polar surface area (TPSA) is 38.4 Å². The lowest BCUT2D eigenvalue weighted by atomic mass is 10.1. The predicted octanol–water partition coefficient (Wildman–Crippen LogP) is 15.0. The fourth-order valence-corrected chi connectivity index (χ4v) is 12.0. The lowest BCUT2D eigenvalue weighted by molar-refractivity contribution is 0.0238. The molecule has 9 heterocycles. The molecule has 9 aliphatic rings. The van der Waals surface area contributed by atoms with E-state index < -0.39 is 0 Å². The van der Waals surface area contributed by atoms with Crippen LogP contribution in [0.1, 0.15) is 266 Å². The maximum atomic E-state index is 5.21. The average Bonchev–Trinajstić information content (AvgIpc) is 4.04. The molecule has 79 heavy (non-hydrogen) atoms. The molecule has 10 nitrogen and oxygen atoms in total. The SMILES string of the molecule is CC(C)N1CCC1.CC(C)N1CCCC1.CC(C)N1CCCC1.CC(C)N1CCCCC1.CC(C)N1CCCCC1.CC(C)N1CCCCC1.CC(C)N1CCCCCC1.CC(C)N1CCCCCC1.CC(C)N1CCOCC1. The maximum Gasteiger partial charge on any atom is 0.0594 e. The van der Waals surface area contributed by atoms with Crippen molar-refractivity contribution in [2.75, 3.05) is 131 Å². The second kappa shape index (κ2) is 48.8. The van der Waals surface area contributed by atoms with Crippen molar-refractivity contribution < 1.29 is 4.74 Å². The van der Waals surface area contributed by atoms with Crippen molar-refractivity contribution in [2.45, 2.75) is 320 Å². The van der Waals surface area contributed by atoms with Crippen LogP contribution in [0.4, 0.5) is 0 Å². The van der Waals surface area contributed by atoms with Crippen LogP contribution >= 0.6 is 0 Å². The molecule has 0 N–H and O–H groups in total. The minimum atomic E-state index is 0.689. The van der Waals surface area contributed by atoms with Gasteiger partial charge in [-0.25, -0.2) is 0 Å². The molecule has 0 saturated carbocycles. The number of nitrogens with zero attached hydrogens (tertiary/aromatic N) is 9. The van der Waals surface area contributed by atoms with Crippen LogP contribution < -0.4 is 0 Å². The summed E-state index contributed by atoms with van der Waals surface area (Å²) >= 11 is 0. The van der Waals surface area contributed by atoms with E-state index in [1.54, 1.807) is 0 Å². The quantitative estimate of drug-likeness (QED) is 0.223. The normalized spacial score (nSPS) is 23.0. The molecule has 0 atom stereocenters. The summed E-state index contributed by atoms with van der Waals surface area (Å²) in [5.41, 5.74) is 0. The van der Waals surface area contributed by atoms with Gasteiger partial charge in [-0.1, -0.05) is 44.9 Å². The Bertz CT molecular complexity index is 1120. The van der Waals surface area contributed by atoms with Gasteiger partial charge >= 0.3 is 0 Å². The second-order valence-electron chi connectivity index (χ2n) is 27.6. The molecule has 0 aromatic carbocycles. The van der Waals surface area contributed by atoms with E-state index in [1.807, 2.05) is 0 Å². The highest BCUT2D eigenvalue weighted by atomic mass is 16.5. The summed E-state index contributed by atoms with van der Waals surface area (Å²) in [6.07, 6.45) is 31.4. The number of morpholine rings is 1. The van der Waals surface area contributed by atoms with Crippen molar-refractivity contribution in [3.8, 4) is 0 Å². The molecule has 0 spiro atoms. The summed E-state index contributed by atoms with van der Waals surface area (Å²) in [5.74, 6) is 0. The van der Waals surface area contributed by atoms with Gasteiger partial charge < -0.3 is 43.9 Å². The zero-order valence-corrected chi connectivity index (χ0v) is 57.3. The molecular formula is C69H147N9O. The van der Waals surface area contributed by atoms with Crippen molar-refractivity contribution in [1.29, 1.82) is 0 Å². The molecule has 0 aromatic heterocycles. The molecule has 9 saturated heterocycles. The summed E-state index contributed by atoms with van der Waals surface area (Å²) in [6.45, 7) is 66.3. The Hall–Kier alpha value is -0.400. The van der Waals surface area contributed by atoms with Gasteiger partial charge in [0.2, 0.25) is 0 Å². The van der Waals surface area contributed by atoms with E-state index in [9.17, 15) is 0 Å². The summed E-state index contributed by atoms with van der Waals surface area (Å²) < 4.78 is 5.21. The lowest BCUT2D eigenvalue weighted by Gasteiger charge is -2.34. The van der Waals surface area contributed by atoms with Gasteiger partial charge in [-0.15, -0.1) is 0 Å². The number of rotatable bonds is 9. The van der Waals surface area contributed by atoms with Gasteiger partial charge in [0.15, 0.2) is 0 Å². The molecule has 474 valence electrons. The van der Waals surface area contributed by atoms with Crippen molar-refractivity contribution in [3.05, 3.63) is 0 Å². The average molecular weight is 1120 g/mol. The third-order valence-electron chi connectivity index (χ3n) is 18.2. The molecule has 9 fully saturated rings. The summed E-state index contributed by atoms with van der Waals surface area (Å²) in [7, 11) is 0. The first-order valence-corrected chi connectivity index (χ1v) is 35.0. The molecule has 0 radical (unpaired) electrons. The monoisotopic (exact) mass is 1120 g/mol. The van der Waals surface area contributed by atoms with Gasteiger partial charge in [0, 0.05) is 67.5 Å². The van der Waals surface area contributed by atoms with Crippen LogP contribution in [0.5, 0.6) is 0 Å². The number of hydrogen-bond acceptors (Lipinski definition) is 10. The van der Waals surface area contributed by atoms with E-state index >= 15 is 0 Å². The summed E-state index contributed by atoms with van der Waals surface area (Å²) in [6, 6.07) is 6.86. The zero-order chi connectivity index (χ0) is 58.8. The third-order valence-corrected chi connectivity index (χ3v) is 18.2. The fourth-order valence-electron chi connectivity index (χ4n) is 12.0. The van der Waals surface area contributed by atoms with Crippen molar-refractivity contribution in [2.24, 2.45) is 0 Å². The number of piperidine rings is 3. The van der Waals surface area contributed by atoms with Crippen molar-refractivity contribution >= 4 is 0 Å². The first kappa shape index (κ1) is 76.6. The van der Waals surface area contributed by atoms with Crippen LogP contribution in [0.25, 0.3) is 0 Å². The van der Waals surface area contributed by atoms with Crippen molar-refractivity contribution in [1.82, 2.24) is 44.1 Å². The van der Waals surface area contributed by atoms with Crippen LogP contribution in [-0.4, -0.2) is 229 Å². The highest BCUT2D eigenvalue weighted by Crippen LogP contribution is 2.16. The summed E-state index contributed by atoms with van der Waals surface area (Å²) in [5, 5.41) is 0. The Labute approximate surface area is 498 Å². The highest BCUT2D eigenvalue weighted by molar-refractivity contribution is 4.74. The molecule has 0 unspecified atom stereocenters. The molecule has 0 bridgehead atoms. The van der Waals surface area contributed by atoms with Gasteiger partial charge in [0.05, 0.1) is 13.2 Å². The molecule has 9 rings (SSSR count). The largest absolute Gasteiger partial charge is 0.379 e. The smallest absolute Gasteiger partial charge is 0.0594 e. The first-order chi connectivity index (χ1) is 37.7. The summed E-state index contributed by atoms with van der Waals surface area (Å²) in [4.78, 5) is 22.8. The van der Waals surface area contributed by atoms with Crippen LogP contribution in [0.2, 0.25) is 0 Å². The van der Waals surface area contributed by atoms with Crippen LogP contribution in [0.3, 0.4) is 0 Å². The first-order valence-electron chi connectivity index (χ1n) is 35.0. The molecular weight excluding hydrogens is 971 g/mol. The predicted molar refractivity (Wildman–Crippen MR) is 353 cm³/mol. The van der Waals surface area contributed by atoms with Gasteiger partial charge in [0.25, 0.3) is 0 Å². The van der Waals surface area contributed by atoms with Crippen molar-refractivity contribution in [3.63, 3.8) is 0 Å². The Kier molecular flexibility index (Phi) is 47.3. The van der Waals surface area contributed by atoms with E-state index in [0.29, 0.717) is 6.04 Å². The Morgan fingerprint density at radius 3 is 0.380 bits per heavy atom. The molecule has 10 heteroatoms. The van der Waals surface area contributed by atoms with Crippen LogP contribution in [0, 0.1) is 0 Å². The van der Waals surface area contributed by atoms with E-state index in [-0.39, 0.29) is 0 Å². The van der Waals surface area contributed by atoms with Gasteiger partial charge in [-0.3, -0.25) is 4.90 Å². The van der Waals surface area contributed by atoms with Crippen LogP contribution in [-0.2, 0) is 4.74 Å². The Morgan fingerprint density at radius 2 is 0.266 bits per heavy atom. The molecule has 9 aliphatic heterocycles. The second-order valence-corrected chi connectivity index (χ2v) is 27.6. The number of ether oxygens (including phenoxy) is 1. The standard InChI is InChI=1S/2C9H19N.3C8H17N.C7H15NO.2C7H15N.C6H13N/c2*1-9(2)10-7-5-3-4-6-8-10;3*1-8(2)9-6-4-3-5-7-9;1-7(2)8-3-5-9-6-4-8;2*1-7(2)8-5-3-4-6-8;1-6(2)7-4-3-5-7/h2*9H,3-8H2,1-2H3;3*8H,3-7H2,1-2H3;7H,3-6H2,1-2H3;2*7H,3-6H2,1-2H3;6H,3-5H2,1-2H3. The fraction of sp³-hybridized carbons (Fsp3) is 1.00. The molecule has 0 amide bonds. The Morgan fingerprint density at radius 1 is 0.152 bits per heavy atom. The van der Waals surface area contributed by atoms with Gasteiger partial charge in [-0.2, -0.15) is 0 Å². The van der Waals surface area contributed by atoms with Gasteiger partial charge in [0.1, 0.15) is 0 Å². The molecule has 0 aromatic rings. The van der Waals surface area contributed by atoms with E-state index in [0.717, 1.165) is 74.6 Å². The minimum Gasteiger partial charge on any atom is -0.379 e. The minimum absolute atomic E-state index is 0.689. The van der Waals surface area contributed by atoms with E-state index in [4.69, 9.17) is 4.74 Å². The zero-order valence-electron chi connectivity index (χ0n) is 57.3. The highest BCUT2D eigenvalue weighted by Gasteiger charge is 2.18. The molecule has 0 aliphatic carbocycles. The van der Waals surface area contributed by atoms with Gasteiger partial charge in [-0.05, 0) is 326 Å². The van der Waals surface area contributed by atoms with E-state index in [2.05, 4.69) is 169 Å². The van der Waals surface area contributed by atoms with Crippen LogP contribution in [0.15, 0.2) is 0 Å². The number of likely N-dealkylation sites (tertiary alicyclic amines) is 8. The lowest BCUT2D eigenvalue weighted by Crippen LogP contribution is -2.41. The number of hydrogen-bond donors (Lipinski definition) is 0. The Balaban J connectivity index is 0.000000445. The maximum absolute atomic E-state index is 5.21. The van der Waals surface area contributed by atoms with E-state index in [1.165, 1.54) is 246 Å².